The van der Waals surface area contributed by atoms with Crippen molar-refractivity contribution in [1.82, 2.24) is 21.1 Å². The van der Waals surface area contributed by atoms with Crippen molar-refractivity contribution in [1.29, 1.82) is 0 Å². The molecule has 0 aromatic heterocycles. The molecule has 1 aromatic rings. The van der Waals surface area contributed by atoms with Gasteiger partial charge in [-0.25, -0.2) is 5.43 Å². The average Bonchev–Trinajstić information content (AvgIpc) is 3.25. The van der Waals surface area contributed by atoms with E-state index in [9.17, 15) is 9.59 Å². The molecule has 1 aliphatic carbocycles. The van der Waals surface area contributed by atoms with E-state index in [2.05, 4.69) is 40.4 Å². The van der Waals surface area contributed by atoms with Crippen molar-refractivity contribution < 1.29 is 9.59 Å². The number of carbonyl (C=O) groups is 2. The lowest BCUT2D eigenvalue weighted by Crippen LogP contribution is -2.48. The molecule has 3 N–H and O–H groups in total. The zero-order valence-electron chi connectivity index (χ0n) is 13.9. The molecule has 2 fully saturated rings. The highest BCUT2D eigenvalue weighted by Gasteiger charge is 2.38. The van der Waals surface area contributed by atoms with E-state index in [-0.39, 0.29) is 29.9 Å². The Kier molecular flexibility index (Phi) is 4.02. The summed E-state index contributed by atoms with van der Waals surface area (Å²) in [4.78, 5) is 26.7. The molecule has 4 rings (SSSR count). The zero-order valence-corrected chi connectivity index (χ0v) is 13.9. The van der Waals surface area contributed by atoms with E-state index in [1.54, 1.807) is 0 Å². The number of hydrogen-bond donors (Lipinski definition) is 3. The fraction of sp³-hybridized carbons (Fsp3) is 0.556. The van der Waals surface area contributed by atoms with Gasteiger partial charge in [0.05, 0.1) is 6.04 Å². The molecule has 0 radical (unpaired) electrons. The lowest BCUT2D eigenvalue weighted by Gasteiger charge is -2.24. The number of hydrogen-bond acceptors (Lipinski definition) is 4. The van der Waals surface area contributed by atoms with E-state index >= 15 is 0 Å². The Balaban J connectivity index is 1.35. The molecule has 2 heterocycles. The van der Waals surface area contributed by atoms with Gasteiger partial charge in [0, 0.05) is 25.0 Å². The summed E-state index contributed by atoms with van der Waals surface area (Å²) < 4.78 is 0. The Morgan fingerprint density at radius 1 is 1.17 bits per heavy atom. The first kappa shape index (κ1) is 15.6. The highest BCUT2D eigenvalue weighted by atomic mass is 16.2. The molecule has 2 amide bonds. The predicted molar refractivity (Wildman–Crippen MR) is 90.0 cm³/mol. The summed E-state index contributed by atoms with van der Waals surface area (Å²) in [6, 6.07) is 8.65. The van der Waals surface area contributed by atoms with Crippen LogP contribution in [0.1, 0.15) is 30.9 Å². The SMILES string of the molecule is CC1CC(C(=O)NC2CC(=O)N(C3Cc4ccccc4C3)C2)NN1. The minimum Gasteiger partial charge on any atom is -0.350 e. The third kappa shape index (κ3) is 2.91. The monoisotopic (exact) mass is 328 g/mol. The van der Waals surface area contributed by atoms with Crippen LogP contribution in [0.2, 0.25) is 0 Å². The molecule has 6 nitrogen and oxygen atoms in total. The van der Waals surface area contributed by atoms with Crippen LogP contribution in [0.4, 0.5) is 0 Å². The van der Waals surface area contributed by atoms with Crippen LogP contribution in [-0.4, -0.2) is 47.4 Å². The number of hydrazine groups is 1. The molecule has 128 valence electrons. The van der Waals surface area contributed by atoms with Gasteiger partial charge in [0.25, 0.3) is 0 Å². The van der Waals surface area contributed by atoms with Gasteiger partial charge in [0.15, 0.2) is 0 Å². The smallest absolute Gasteiger partial charge is 0.238 e. The van der Waals surface area contributed by atoms with Gasteiger partial charge in [-0.1, -0.05) is 24.3 Å². The van der Waals surface area contributed by atoms with Crippen LogP contribution < -0.4 is 16.2 Å². The maximum Gasteiger partial charge on any atom is 0.238 e. The lowest BCUT2D eigenvalue weighted by atomic mass is 10.1. The standard InChI is InChI=1S/C18H24N4O2/c1-11-6-16(21-20-11)18(24)19-14-9-17(23)22(10-14)15-7-12-4-2-3-5-13(12)8-15/h2-5,11,14-16,20-21H,6-10H2,1H3,(H,19,24). The molecule has 6 heteroatoms. The molecule has 3 unspecified atom stereocenters. The molecule has 24 heavy (non-hydrogen) atoms. The Morgan fingerprint density at radius 3 is 2.50 bits per heavy atom. The van der Waals surface area contributed by atoms with Crippen LogP contribution in [-0.2, 0) is 22.4 Å². The van der Waals surface area contributed by atoms with Crippen molar-refractivity contribution >= 4 is 11.8 Å². The number of carbonyl (C=O) groups excluding carboxylic acids is 2. The number of nitrogens with zero attached hydrogens (tertiary/aromatic N) is 1. The Morgan fingerprint density at radius 2 is 1.88 bits per heavy atom. The van der Waals surface area contributed by atoms with Crippen molar-refractivity contribution in [3.8, 4) is 0 Å². The maximum atomic E-state index is 12.4. The van der Waals surface area contributed by atoms with Crippen LogP contribution >= 0.6 is 0 Å². The second kappa shape index (κ2) is 6.18. The number of benzene rings is 1. The summed E-state index contributed by atoms with van der Waals surface area (Å²) in [6.07, 6.45) is 3.03. The number of amides is 2. The first-order valence-corrected chi connectivity index (χ1v) is 8.78. The normalized spacial score (nSPS) is 30.0. The van der Waals surface area contributed by atoms with Crippen molar-refractivity contribution in [3.05, 3.63) is 35.4 Å². The maximum absolute atomic E-state index is 12.4. The Labute approximate surface area is 141 Å². The van der Waals surface area contributed by atoms with Gasteiger partial charge in [0.2, 0.25) is 11.8 Å². The van der Waals surface area contributed by atoms with Gasteiger partial charge < -0.3 is 10.2 Å². The first-order valence-electron chi connectivity index (χ1n) is 8.78. The second-order valence-electron chi connectivity index (χ2n) is 7.26. The fourth-order valence-corrected chi connectivity index (χ4v) is 4.13. The van der Waals surface area contributed by atoms with E-state index in [1.807, 2.05) is 11.8 Å². The van der Waals surface area contributed by atoms with Crippen LogP contribution in [0.3, 0.4) is 0 Å². The second-order valence-corrected chi connectivity index (χ2v) is 7.26. The van der Waals surface area contributed by atoms with E-state index in [4.69, 9.17) is 0 Å². The van der Waals surface area contributed by atoms with Crippen LogP contribution in [0.5, 0.6) is 0 Å². The molecule has 0 bridgehead atoms. The summed E-state index contributed by atoms with van der Waals surface area (Å²) in [6.45, 7) is 2.66. The summed E-state index contributed by atoms with van der Waals surface area (Å²) in [7, 11) is 0. The zero-order chi connectivity index (χ0) is 16.7. The Hall–Kier alpha value is -1.92. The molecular formula is C18H24N4O2. The average molecular weight is 328 g/mol. The fourth-order valence-electron chi connectivity index (χ4n) is 4.13. The van der Waals surface area contributed by atoms with E-state index in [0.29, 0.717) is 19.0 Å². The van der Waals surface area contributed by atoms with Gasteiger partial charge in [0.1, 0.15) is 6.04 Å². The van der Waals surface area contributed by atoms with E-state index in [0.717, 1.165) is 19.3 Å². The summed E-state index contributed by atoms with van der Waals surface area (Å²) in [5, 5.41) is 3.04. The third-order valence-corrected chi connectivity index (χ3v) is 5.38. The van der Waals surface area contributed by atoms with Crippen molar-refractivity contribution in [2.75, 3.05) is 6.54 Å². The lowest BCUT2D eigenvalue weighted by molar-refractivity contribution is -0.129. The summed E-state index contributed by atoms with van der Waals surface area (Å²) in [5.74, 6) is 0.144. The first-order chi connectivity index (χ1) is 11.6. The molecule has 0 saturated carbocycles. The number of fused-ring (bicyclic) bond motifs is 1. The minimum atomic E-state index is -0.208. The molecule has 0 spiro atoms. The quantitative estimate of drug-likeness (QED) is 0.737. The van der Waals surface area contributed by atoms with Crippen molar-refractivity contribution in [2.45, 2.75) is 56.8 Å². The van der Waals surface area contributed by atoms with E-state index < -0.39 is 0 Å². The van der Waals surface area contributed by atoms with Crippen molar-refractivity contribution in [2.24, 2.45) is 0 Å². The highest BCUT2D eigenvalue weighted by molar-refractivity contribution is 5.85. The molecule has 1 aromatic carbocycles. The van der Waals surface area contributed by atoms with Crippen LogP contribution in [0, 0.1) is 0 Å². The molecule has 2 aliphatic heterocycles. The van der Waals surface area contributed by atoms with Crippen molar-refractivity contribution in [3.63, 3.8) is 0 Å². The van der Waals surface area contributed by atoms with Gasteiger partial charge in [-0.15, -0.1) is 0 Å². The van der Waals surface area contributed by atoms with Crippen LogP contribution in [0.15, 0.2) is 24.3 Å². The van der Waals surface area contributed by atoms with Gasteiger partial charge in [-0.3, -0.25) is 15.0 Å². The van der Waals surface area contributed by atoms with Gasteiger partial charge >= 0.3 is 0 Å². The van der Waals surface area contributed by atoms with Gasteiger partial charge in [-0.05, 0) is 37.3 Å². The van der Waals surface area contributed by atoms with E-state index in [1.165, 1.54) is 11.1 Å². The largest absolute Gasteiger partial charge is 0.350 e. The number of nitrogens with one attached hydrogen (secondary N) is 3. The number of likely N-dealkylation sites (tertiary alicyclic amines) is 1. The van der Waals surface area contributed by atoms with Crippen LogP contribution in [0.25, 0.3) is 0 Å². The Bertz CT molecular complexity index is 637. The minimum absolute atomic E-state index is 0.0128. The summed E-state index contributed by atoms with van der Waals surface area (Å²) >= 11 is 0. The molecule has 2 saturated heterocycles. The molecular weight excluding hydrogens is 304 g/mol. The molecule has 3 aliphatic rings. The topological polar surface area (TPSA) is 73.5 Å². The van der Waals surface area contributed by atoms with Gasteiger partial charge in [-0.2, -0.15) is 0 Å². The third-order valence-electron chi connectivity index (χ3n) is 5.38. The summed E-state index contributed by atoms with van der Waals surface area (Å²) in [5.41, 5.74) is 8.76. The predicted octanol–water partition coefficient (Wildman–Crippen LogP) is 0.126. The molecule has 3 atom stereocenters. The highest BCUT2D eigenvalue weighted by Crippen LogP contribution is 2.28. The number of rotatable bonds is 3.